The summed E-state index contributed by atoms with van der Waals surface area (Å²) in [7, 11) is 3.30. The SMILES string of the molecule is COCCOC.O=S=O. The van der Waals surface area contributed by atoms with Crippen molar-refractivity contribution in [3.8, 4) is 0 Å². The Bertz CT molecular complexity index is 65.0. The van der Waals surface area contributed by atoms with E-state index in [-0.39, 0.29) is 0 Å². The van der Waals surface area contributed by atoms with Gasteiger partial charge in [-0.3, -0.25) is 0 Å². The molecule has 0 heterocycles. The lowest BCUT2D eigenvalue weighted by Crippen LogP contribution is -1.96. The average molecular weight is 154 g/mol. The van der Waals surface area contributed by atoms with Crippen LogP contribution in [-0.2, 0) is 21.0 Å². The van der Waals surface area contributed by atoms with Crippen LogP contribution < -0.4 is 0 Å². The highest BCUT2D eigenvalue weighted by atomic mass is 32.1. The predicted molar refractivity (Wildman–Crippen MR) is 32.7 cm³/mol. The highest BCUT2D eigenvalue weighted by Crippen LogP contribution is 1.65. The molecule has 0 rings (SSSR count). The minimum Gasteiger partial charge on any atom is -0.382 e. The molecule has 0 aliphatic heterocycles. The third-order valence-corrected chi connectivity index (χ3v) is 0.492. The maximum absolute atomic E-state index is 8.29. The van der Waals surface area contributed by atoms with Crippen molar-refractivity contribution in [3.63, 3.8) is 0 Å². The van der Waals surface area contributed by atoms with Crippen molar-refractivity contribution < 1.29 is 17.9 Å². The van der Waals surface area contributed by atoms with Gasteiger partial charge in [0.1, 0.15) is 0 Å². The maximum atomic E-state index is 8.29. The van der Waals surface area contributed by atoms with Crippen LogP contribution in [0.3, 0.4) is 0 Å². The minimum absolute atomic E-state index is 0.691. The van der Waals surface area contributed by atoms with Crippen LogP contribution in [0.4, 0.5) is 0 Å². The van der Waals surface area contributed by atoms with Crippen LogP contribution in [0.25, 0.3) is 0 Å². The molecule has 0 amide bonds. The lowest BCUT2D eigenvalue weighted by molar-refractivity contribution is 0.103. The smallest absolute Gasteiger partial charge is 0.335 e. The highest BCUT2D eigenvalue weighted by Gasteiger charge is 1.73. The Morgan fingerprint density at radius 3 is 1.44 bits per heavy atom. The van der Waals surface area contributed by atoms with Gasteiger partial charge in [0.25, 0.3) is 0 Å². The first kappa shape index (κ1) is 11.5. The fraction of sp³-hybridized carbons (Fsp3) is 1.00. The molecule has 0 saturated carbocycles. The van der Waals surface area contributed by atoms with Crippen molar-refractivity contribution in [1.29, 1.82) is 0 Å². The van der Waals surface area contributed by atoms with Crippen LogP contribution >= 0.6 is 0 Å². The van der Waals surface area contributed by atoms with Crippen molar-refractivity contribution in [2.75, 3.05) is 27.4 Å². The Morgan fingerprint density at radius 2 is 1.33 bits per heavy atom. The molecule has 9 heavy (non-hydrogen) atoms. The van der Waals surface area contributed by atoms with E-state index in [1.165, 1.54) is 0 Å². The Labute approximate surface area is 57.8 Å². The van der Waals surface area contributed by atoms with E-state index in [4.69, 9.17) is 8.42 Å². The Balaban J connectivity index is 0. The molecule has 0 aromatic rings. The second-order valence-corrected chi connectivity index (χ2v) is 1.19. The molecule has 0 N–H and O–H groups in total. The predicted octanol–water partition coefficient (Wildman–Crippen LogP) is -0.391. The summed E-state index contributed by atoms with van der Waals surface area (Å²) >= 11 is -0.750. The van der Waals surface area contributed by atoms with Crippen molar-refractivity contribution in [1.82, 2.24) is 0 Å². The van der Waals surface area contributed by atoms with Crippen LogP contribution in [0.2, 0.25) is 0 Å². The second-order valence-electron chi connectivity index (χ2n) is 1.05. The van der Waals surface area contributed by atoms with E-state index < -0.39 is 11.6 Å². The molecule has 5 heteroatoms. The van der Waals surface area contributed by atoms with Crippen LogP contribution in [0.1, 0.15) is 0 Å². The van der Waals surface area contributed by atoms with E-state index in [0.29, 0.717) is 13.2 Å². The molecule has 0 fully saturated rings. The average Bonchev–Trinajstić information content (AvgIpc) is 1.86. The van der Waals surface area contributed by atoms with Gasteiger partial charge in [0, 0.05) is 14.2 Å². The molecule has 0 radical (unpaired) electrons. The van der Waals surface area contributed by atoms with Crippen molar-refractivity contribution in [2.45, 2.75) is 0 Å². The minimum atomic E-state index is -0.750. The monoisotopic (exact) mass is 154 g/mol. The van der Waals surface area contributed by atoms with Crippen molar-refractivity contribution in [3.05, 3.63) is 0 Å². The molecule has 56 valence electrons. The summed E-state index contributed by atoms with van der Waals surface area (Å²) in [6, 6.07) is 0. The molecule has 0 spiro atoms. The molecular weight excluding hydrogens is 144 g/mol. The van der Waals surface area contributed by atoms with Crippen LogP contribution in [0.5, 0.6) is 0 Å². The van der Waals surface area contributed by atoms with Gasteiger partial charge < -0.3 is 9.47 Å². The summed E-state index contributed by atoms with van der Waals surface area (Å²) in [6.07, 6.45) is 0. The van der Waals surface area contributed by atoms with Gasteiger partial charge in [-0.25, -0.2) is 0 Å². The molecular formula is C4H10O4S. The third-order valence-electron chi connectivity index (χ3n) is 0.492. The summed E-state index contributed by atoms with van der Waals surface area (Å²) in [5.74, 6) is 0. The van der Waals surface area contributed by atoms with Gasteiger partial charge in [-0.15, -0.1) is 0 Å². The topological polar surface area (TPSA) is 52.6 Å². The largest absolute Gasteiger partial charge is 0.382 e. The van der Waals surface area contributed by atoms with E-state index in [9.17, 15) is 0 Å². The van der Waals surface area contributed by atoms with Crippen LogP contribution in [0.15, 0.2) is 0 Å². The van der Waals surface area contributed by atoms with Gasteiger partial charge in [0.15, 0.2) is 0 Å². The number of ether oxygens (including phenoxy) is 2. The van der Waals surface area contributed by atoms with Crippen molar-refractivity contribution >= 4 is 11.6 Å². The van der Waals surface area contributed by atoms with Crippen LogP contribution in [0, 0.1) is 0 Å². The lowest BCUT2D eigenvalue weighted by Gasteiger charge is -1.91. The van der Waals surface area contributed by atoms with Gasteiger partial charge in [0.2, 0.25) is 0 Å². The molecule has 0 unspecified atom stereocenters. The maximum Gasteiger partial charge on any atom is 0.335 e. The van der Waals surface area contributed by atoms with Crippen molar-refractivity contribution in [2.24, 2.45) is 0 Å². The molecule has 0 bridgehead atoms. The van der Waals surface area contributed by atoms with Gasteiger partial charge in [-0.1, -0.05) is 0 Å². The molecule has 4 nitrogen and oxygen atoms in total. The van der Waals surface area contributed by atoms with E-state index in [0.717, 1.165) is 0 Å². The van der Waals surface area contributed by atoms with E-state index in [1.807, 2.05) is 0 Å². The lowest BCUT2D eigenvalue weighted by atomic mass is 10.8. The Hall–Kier alpha value is -0.260. The van der Waals surface area contributed by atoms with E-state index in [2.05, 4.69) is 9.47 Å². The fourth-order valence-corrected chi connectivity index (χ4v) is 0.167. The standard InChI is InChI=1S/C4H10O2.O2S/c1-5-3-4-6-2;1-3-2/h3-4H2,1-2H3;. The Morgan fingerprint density at radius 1 is 1.11 bits per heavy atom. The number of methoxy groups -OCH3 is 2. The second kappa shape index (κ2) is 15.6. The molecule has 0 aliphatic carbocycles. The number of hydrogen-bond acceptors (Lipinski definition) is 4. The summed E-state index contributed by atoms with van der Waals surface area (Å²) in [5, 5.41) is 0. The molecule has 0 aliphatic rings. The summed E-state index contributed by atoms with van der Waals surface area (Å²) in [5.41, 5.74) is 0. The molecule has 0 atom stereocenters. The summed E-state index contributed by atoms with van der Waals surface area (Å²) in [6.45, 7) is 1.38. The molecule has 0 aromatic carbocycles. The van der Waals surface area contributed by atoms with E-state index >= 15 is 0 Å². The first-order chi connectivity index (χ1) is 4.33. The zero-order chi connectivity index (χ0) is 7.54. The normalized spacial score (nSPS) is 7.33. The highest BCUT2D eigenvalue weighted by molar-refractivity contribution is 7.51. The molecule has 0 saturated heterocycles. The zero-order valence-corrected chi connectivity index (χ0v) is 6.27. The summed E-state index contributed by atoms with van der Waals surface area (Å²) < 4.78 is 25.9. The first-order valence-electron chi connectivity index (χ1n) is 2.23. The van der Waals surface area contributed by atoms with E-state index in [1.54, 1.807) is 14.2 Å². The fourth-order valence-electron chi connectivity index (χ4n) is 0.167. The third kappa shape index (κ3) is 34.0. The quantitative estimate of drug-likeness (QED) is 0.519. The number of hydrogen-bond donors (Lipinski definition) is 0. The van der Waals surface area contributed by atoms with Gasteiger partial charge in [-0.2, -0.15) is 8.42 Å². The van der Waals surface area contributed by atoms with Crippen LogP contribution in [-0.4, -0.2) is 35.9 Å². The first-order valence-corrected chi connectivity index (χ1v) is 2.89. The summed E-state index contributed by atoms with van der Waals surface area (Å²) in [4.78, 5) is 0. The Kier molecular flexibility index (Phi) is 20.0. The molecule has 0 aromatic heterocycles. The van der Waals surface area contributed by atoms with Gasteiger partial charge >= 0.3 is 11.6 Å². The van der Waals surface area contributed by atoms with Gasteiger partial charge in [0.05, 0.1) is 13.2 Å². The number of rotatable bonds is 3. The zero-order valence-electron chi connectivity index (χ0n) is 5.46. The van der Waals surface area contributed by atoms with Gasteiger partial charge in [-0.05, 0) is 0 Å².